The molecule has 1 aliphatic heterocycles. The lowest BCUT2D eigenvalue weighted by molar-refractivity contribution is 0.513. The number of pyridine rings is 1. The van der Waals surface area contributed by atoms with Gasteiger partial charge in [0.15, 0.2) is 5.65 Å². The highest BCUT2D eigenvalue weighted by molar-refractivity contribution is 7.80. The third-order valence-corrected chi connectivity index (χ3v) is 5.72. The molecule has 6 heteroatoms. The van der Waals surface area contributed by atoms with Crippen LogP contribution in [0.1, 0.15) is 37.9 Å². The molecular formula is C22H22N4OS. The monoisotopic (exact) mass is 390 g/mol. The number of H-pyrrole nitrogens is 1. The number of benzene rings is 1. The number of thiocarbonyl (C=S) groups is 1. The van der Waals surface area contributed by atoms with Gasteiger partial charge in [0.2, 0.25) is 0 Å². The highest BCUT2D eigenvalue weighted by atomic mass is 32.1. The summed E-state index contributed by atoms with van der Waals surface area (Å²) in [5, 5.41) is 4.58. The molecule has 0 aliphatic carbocycles. The van der Waals surface area contributed by atoms with Crippen molar-refractivity contribution in [2.45, 2.75) is 44.6 Å². The van der Waals surface area contributed by atoms with Gasteiger partial charge in [-0.1, -0.05) is 36.8 Å². The molecule has 1 aliphatic rings. The third-order valence-electron chi connectivity index (χ3n) is 5.40. The lowest BCUT2D eigenvalue weighted by atomic mass is 10.1. The summed E-state index contributed by atoms with van der Waals surface area (Å²) in [5.74, 6) is 1.80. The quantitative estimate of drug-likeness (QED) is 0.471. The second-order valence-electron chi connectivity index (χ2n) is 7.48. The fourth-order valence-electron chi connectivity index (χ4n) is 3.90. The lowest BCUT2D eigenvalue weighted by Crippen LogP contribution is -2.32. The molecule has 2 N–H and O–H groups in total. The molecule has 5 nitrogen and oxygen atoms in total. The second kappa shape index (κ2) is 7.36. The first-order valence-electron chi connectivity index (χ1n) is 9.87. The van der Waals surface area contributed by atoms with E-state index in [-0.39, 0.29) is 0 Å². The number of para-hydroxylation sites is 1. The molecule has 1 saturated heterocycles. The van der Waals surface area contributed by atoms with E-state index < -0.39 is 0 Å². The summed E-state index contributed by atoms with van der Waals surface area (Å²) >= 11 is 5.38. The van der Waals surface area contributed by atoms with E-state index in [9.17, 15) is 0 Å². The maximum atomic E-state index is 5.96. The van der Waals surface area contributed by atoms with Gasteiger partial charge in [0.25, 0.3) is 0 Å². The Hall–Kier alpha value is -2.73. The van der Waals surface area contributed by atoms with E-state index in [1.54, 1.807) is 0 Å². The van der Waals surface area contributed by atoms with Crippen LogP contribution in [0.25, 0.3) is 33.5 Å². The molecule has 28 heavy (non-hydrogen) atoms. The van der Waals surface area contributed by atoms with Crippen molar-refractivity contribution in [1.29, 1.82) is 0 Å². The van der Waals surface area contributed by atoms with Crippen LogP contribution in [0.2, 0.25) is 0 Å². The minimum absolute atomic E-state index is 0.447. The van der Waals surface area contributed by atoms with Crippen molar-refractivity contribution in [2.24, 2.45) is 0 Å². The van der Waals surface area contributed by atoms with E-state index in [1.165, 1.54) is 19.3 Å². The van der Waals surface area contributed by atoms with Crippen LogP contribution in [0.15, 0.2) is 47.0 Å². The topological polar surface area (TPSA) is 66.7 Å². The maximum absolute atomic E-state index is 5.96. The average molecular weight is 391 g/mol. The number of aromatic amines is 1. The van der Waals surface area contributed by atoms with Crippen LogP contribution in [-0.2, 0) is 6.42 Å². The summed E-state index contributed by atoms with van der Waals surface area (Å²) < 4.78 is 5.96. The van der Waals surface area contributed by atoms with E-state index in [2.05, 4.69) is 38.5 Å². The lowest BCUT2D eigenvalue weighted by Gasteiger charge is -2.16. The van der Waals surface area contributed by atoms with Gasteiger partial charge in [-0.25, -0.2) is 9.97 Å². The molecule has 4 heterocycles. The van der Waals surface area contributed by atoms with Crippen LogP contribution < -0.4 is 5.32 Å². The van der Waals surface area contributed by atoms with Gasteiger partial charge in [0.1, 0.15) is 17.2 Å². The number of nitrogens with zero attached hydrogens (tertiary/aromatic N) is 2. The number of furan rings is 1. The van der Waals surface area contributed by atoms with Crippen molar-refractivity contribution in [2.75, 3.05) is 0 Å². The van der Waals surface area contributed by atoms with Crippen LogP contribution in [0.4, 0.5) is 0 Å². The number of rotatable bonds is 4. The van der Waals surface area contributed by atoms with Crippen molar-refractivity contribution in [3.8, 4) is 11.3 Å². The third kappa shape index (κ3) is 3.52. The molecule has 4 aromatic rings. The van der Waals surface area contributed by atoms with Gasteiger partial charge in [-0.3, -0.25) is 0 Å². The molecule has 0 saturated carbocycles. The summed E-state index contributed by atoms with van der Waals surface area (Å²) in [6.07, 6.45) is 8.37. The Morgan fingerprint density at radius 1 is 1.18 bits per heavy atom. The van der Waals surface area contributed by atoms with Crippen molar-refractivity contribution < 1.29 is 4.42 Å². The van der Waals surface area contributed by atoms with Crippen LogP contribution in [0.5, 0.6) is 0 Å². The second-order valence-corrected chi connectivity index (χ2v) is 7.97. The van der Waals surface area contributed by atoms with Gasteiger partial charge in [-0.15, -0.1) is 0 Å². The molecule has 142 valence electrons. The number of hydrogen-bond donors (Lipinski definition) is 2. The fraction of sp³-hybridized carbons (Fsp3) is 0.318. The van der Waals surface area contributed by atoms with Crippen molar-refractivity contribution >= 4 is 39.3 Å². The fourth-order valence-corrected chi connectivity index (χ4v) is 4.21. The Bertz CT molecular complexity index is 1110. The van der Waals surface area contributed by atoms with Crippen LogP contribution in [-0.4, -0.2) is 26.0 Å². The zero-order valence-corrected chi connectivity index (χ0v) is 16.4. The number of aryl methyl sites for hydroxylation is 1. The first kappa shape index (κ1) is 17.4. The molecule has 0 amide bonds. The van der Waals surface area contributed by atoms with E-state index in [0.717, 1.165) is 63.5 Å². The molecule has 1 aromatic carbocycles. The molecule has 1 atom stereocenters. The summed E-state index contributed by atoms with van der Waals surface area (Å²) in [5.41, 5.74) is 3.53. The molecule has 1 unspecified atom stereocenters. The molecule has 1 fully saturated rings. The van der Waals surface area contributed by atoms with E-state index in [0.29, 0.717) is 6.04 Å². The number of hydrogen-bond acceptors (Lipinski definition) is 4. The number of nitrogens with one attached hydrogen (secondary N) is 2. The first-order chi connectivity index (χ1) is 13.7. The van der Waals surface area contributed by atoms with Gasteiger partial charge in [0.05, 0.1) is 10.5 Å². The Morgan fingerprint density at radius 3 is 3.04 bits per heavy atom. The maximum Gasteiger partial charge on any atom is 0.177 e. The van der Waals surface area contributed by atoms with Crippen molar-refractivity contribution in [1.82, 2.24) is 20.3 Å². The standard InChI is InChI=1S/C22H22N4OS/c28-21-8-4-2-6-16(24-21)9-10-20-25-17-11-15(13-23-22(17)26-20)19-12-14-5-1-3-7-18(14)27-19/h1,3,5,7,11-13,16H,2,4,6,8-10H2,(H,24,28)(H,23,25,26). The zero-order chi connectivity index (χ0) is 18.9. The van der Waals surface area contributed by atoms with E-state index in [4.69, 9.17) is 16.6 Å². The molecule has 0 bridgehead atoms. The Kier molecular flexibility index (Phi) is 4.56. The van der Waals surface area contributed by atoms with Crippen LogP contribution in [0, 0.1) is 0 Å². The largest absolute Gasteiger partial charge is 0.456 e. The minimum atomic E-state index is 0.447. The summed E-state index contributed by atoms with van der Waals surface area (Å²) in [7, 11) is 0. The Balaban J connectivity index is 1.35. The van der Waals surface area contributed by atoms with Gasteiger partial charge in [-0.05, 0) is 43.9 Å². The van der Waals surface area contributed by atoms with Gasteiger partial charge >= 0.3 is 0 Å². The van der Waals surface area contributed by atoms with Crippen LogP contribution in [0.3, 0.4) is 0 Å². The molecule has 5 rings (SSSR count). The summed E-state index contributed by atoms with van der Waals surface area (Å²) in [6, 6.07) is 12.6. The Labute approximate surface area is 168 Å². The van der Waals surface area contributed by atoms with E-state index >= 15 is 0 Å². The first-order valence-corrected chi connectivity index (χ1v) is 10.3. The van der Waals surface area contributed by atoms with Crippen LogP contribution >= 0.6 is 12.2 Å². The van der Waals surface area contributed by atoms with Gasteiger partial charge in [-0.2, -0.15) is 0 Å². The summed E-state index contributed by atoms with van der Waals surface area (Å²) in [6.45, 7) is 0. The minimum Gasteiger partial charge on any atom is -0.456 e. The molecular weight excluding hydrogens is 368 g/mol. The van der Waals surface area contributed by atoms with Crippen molar-refractivity contribution in [3.63, 3.8) is 0 Å². The molecule has 0 spiro atoms. The smallest absolute Gasteiger partial charge is 0.177 e. The van der Waals surface area contributed by atoms with Gasteiger partial charge < -0.3 is 14.7 Å². The number of imidazole rings is 1. The Morgan fingerprint density at radius 2 is 2.11 bits per heavy atom. The SMILES string of the molecule is S=C1CCCCC(CCc2nc3ncc(-c4cc5ccccc5o4)cc3[nH]2)N1. The normalized spacial score (nSPS) is 17.7. The highest BCUT2D eigenvalue weighted by Gasteiger charge is 2.15. The van der Waals surface area contributed by atoms with Gasteiger partial charge in [0, 0.05) is 29.6 Å². The average Bonchev–Trinajstić information content (AvgIpc) is 3.26. The number of aromatic nitrogens is 3. The number of fused-ring (bicyclic) bond motifs is 2. The highest BCUT2D eigenvalue weighted by Crippen LogP contribution is 2.28. The molecule has 0 radical (unpaired) electrons. The van der Waals surface area contributed by atoms with Crippen molar-refractivity contribution in [3.05, 3.63) is 48.4 Å². The predicted molar refractivity (Wildman–Crippen MR) is 115 cm³/mol. The summed E-state index contributed by atoms with van der Waals surface area (Å²) in [4.78, 5) is 13.6. The zero-order valence-electron chi connectivity index (χ0n) is 15.6. The predicted octanol–water partition coefficient (Wildman–Crippen LogP) is 5.16. The van der Waals surface area contributed by atoms with E-state index in [1.807, 2.05) is 24.4 Å². The molecule has 3 aromatic heterocycles.